The minimum absolute atomic E-state index is 0.220. The Balaban J connectivity index is 1.77. The molecule has 5 rings (SSSR count). The molecule has 1 aromatic carbocycles. The van der Waals surface area contributed by atoms with Crippen molar-refractivity contribution in [1.82, 2.24) is 9.88 Å². The van der Waals surface area contributed by atoms with Gasteiger partial charge in [-0.3, -0.25) is 9.88 Å². The summed E-state index contributed by atoms with van der Waals surface area (Å²) in [6.07, 6.45) is 6.12. The Hall–Kier alpha value is -2.56. The molecule has 5 atom stereocenters. The van der Waals surface area contributed by atoms with Crippen molar-refractivity contribution in [3.05, 3.63) is 59.1 Å². The monoisotopic (exact) mass is 349 g/mol. The normalized spacial score (nSPS) is 28.3. The summed E-state index contributed by atoms with van der Waals surface area (Å²) in [4.78, 5) is 10.1. The molecule has 2 bridgehead atoms. The first kappa shape index (κ1) is 16.9. The molecule has 4 heterocycles. The van der Waals surface area contributed by atoms with Gasteiger partial charge >= 0.3 is 0 Å². The van der Waals surface area contributed by atoms with Crippen molar-refractivity contribution in [1.29, 1.82) is 0 Å². The fourth-order valence-corrected chi connectivity index (χ4v) is 4.64. The van der Waals surface area contributed by atoms with Crippen LogP contribution in [0.15, 0.2) is 48.2 Å². The van der Waals surface area contributed by atoms with Crippen LogP contribution in [0.5, 0.6) is 5.75 Å². The number of benzene rings is 1. The van der Waals surface area contributed by atoms with Crippen molar-refractivity contribution in [2.24, 2.45) is 17.0 Å². The van der Waals surface area contributed by atoms with E-state index in [1.54, 1.807) is 13.3 Å². The minimum atomic E-state index is -0.230. The van der Waals surface area contributed by atoms with Crippen LogP contribution in [0, 0.1) is 11.8 Å². The standard InChI is InChI=1S/C20H23N5O/c1-3-13-12-25-9-7-14(13)10-19(25)20(23-24-21)16-6-8-22-18-5-4-15(26-2)11-17(16)18/h3-6,8,11,13-14,19-20H,1,7,9-10,12H2,2H3/t13-,14-,19+,20-/m0/s1. The first-order valence-corrected chi connectivity index (χ1v) is 9.08. The Labute approximate surface area is 153 Å². The summed E-state index contributed by atoms with van der Waals surface area (Å²) < 4.78 is 5.39. The van der Waals surface area contributed by atoms with Crippen molar-refractivity contribution < 1.29 is 4.74 Å². The summed E-state index contributed by atoms with van der Waals surface area (Å²) in [5.74, 6) is 1.95. The highest BCUT2D eigenvalue weighted by Crippen LogP contribution is 2.43. The van der Waals surface area contributed by atoms with Gasteiger partial charge in [0.05, 0.1) is 18.7 Å². The SMILES string of the molecule is C=C[C@H]1CN2CC[C@H]1C[C@@H]2[C@@H](N=[N+]=[N-])c1ccnc2ccc(OC)cc12. The summed E-state index contributed by atoms with van der Waals surface area (Å²) in [6, 6.07) is 7.81. The highest BCUT2D eigenvalue weighted by Gasteiger charge is 2.42. The first-order chi connectivity index (χ1) is 12.7. The molecule has 6 nitrogen and oxygen atoms in total. The second-order valence-corrected chi connectivity index (χ2v) is 7.18. The molecule has 3 saturated heterocycles. The van der Waals surface area contributed by atoms with E-state index in [9.17, 15) is 5.53 Å². The highest BCUT2D eigenvalue weighted by atomic mass is 16.5. The maximum absolute atomic E-state index is 9.25. The number of hydrogen-bond acceptors (Lipinski definition) is 4. The van der Waals surface area contributed by atoms with Crippen LogP contribution < -0.4 is 4.74 Å². The first-order valence-electron chi connectivity index (χ1n) is 9.08. The van der Waals surface area contributed by atoms with E-state index in [-0.39, 0.29) is 12.1 Å². The van der Waals surface area contributed by atoms with E-state index in [1.807, 2.05) is 24.3 Å². The summed E-state index contributed by atoms with van der Waals surface area (Å²) in [6.45, 7) is 6.06. The Morgan fingerprint density at radius 1 is 1.46 bits per heavy atom. The predicted molar refractivity (Wildman–Crippen MR) is 102 cm³/mol. The van der Waals surface area contributed by atoms with E-state index in [0.29, 0.717) is 11.8 Å². The second kappa shape index (κ2) is 6.98. The highest BCUT2D eigenvalue weighted by molar-refractivity contribution is 5.84. The van der Waals surface area contributed by atoms with Crippen molar-refractivity contribution in [2.45, 2.75) is 24.9 Å². The number of hydrogen-bond donors (Lipinski definition) is 0. The quantitative estimate of drug-likeness (QED) is 0.345. The average Bonchev–Trinajstić information content (AvgIpc) is 2.71. The lowest BCUT2D eigenvalue weighted by atomic mass is 9.73. The number of aromatic nitrogens is 1. The van der Waals surface area contributed by atoms with Crippen LogP contribution in [0.1, 0.15) is 24.4 Å². The molecule has 0 amide bonds. The molecule has 3 fully saturated rings. The molecule has 6 heteroatoms. The molecule has 1 unspecified atom stereocenters. The number of nitrogens with zero attached hydrogens (tertiary/aromatic N) is 5. The lowest BCUT2D eigenvalue weighted by Gasteiger charge is -2.51. The van der Waals surface area contributed by atoms with Gasteiger partial charge in [0.2, 0.25) is 0 Å². The molecule has 0 aliphatic carbocycles. The van der Waals surface area contributed by atoms with Gasteiger partial charge in [-0.1, -0.05) is 11.2 Å². The van der Waals surface area contributed by atoms with Crippen molar-refractivity contribution in [2.75, 3.05) is 20.2 Å². The van der Waals surface area contributed by atoms with Gasteiger partial charge < -0.3 is 4.74 Å². The van der Waals surface area contributed by atoms with Crippen LogP contribution in [-0.4, -0.2) is 36.1 Å². The zero-order valence-corrected chi connectivity index (χ0v) is 15.0. The molecule has 26 heavy (non-hydrogen) atoms. The number of azide groups is 1. The van der Waals surface area contributed by atoms with E-state index in [2.05, 4.69) is 32.6 Å². The molecular weight excluding hydrogens is 326 g/mol. The fraction of sp³-hybridized carbons (Fsp3) is 0.450. The van der Waals surface area contributed by atoms with Crippen LogP contribution in [-0.2, 0) is 0 Å². The topological polar surface area (TPSA) is 74.1 Å². The summed E-state index contributed by atoms with van der Waals surface area (Å²) in [5, 5.41) is 5.23. The number of ether oxygens (including phenoxy) is 1. The number of fused-ring (bicyclic) bond motifs is 4. The van der Waals surface area contributed by atoms with Crippen molar-refractivity contribution >= 4 is 10.9 Å². The van der Waals surface area contributed by atoms with Gasteiger partial charge in [-0.05, 0) is 66.6 Å². The Morgan fingerprint density at radius 2 is 2.35 bits per heavy atom. The van der Waals surface area contributed by atoms with E-state index in [4.69, 9.17) is 4.74 Å². The molecule has 0 radical (unpaired) electrons. The largest absolute Gasteiger partial charge is 0.497 e. The molecule has 134 valence electrons. The molecule has 3 aliphatic heterocycles. The zero-order valence-electron chi connectivity index (χ0n) is 15.0. The fourth-order valence-electron chi connectivity index (χ4n) is 4.64. The second-order valence-electron chi connectivity index (χ2n) is 7.18. The molecule has 2 aromatic rings. The number of piperidine rings is 3. The molecule has 0 spiro atoms. The smallest absolute Gasteiger partial charge is 0.119 e. The Bertz CT molecular complexity index is 876. The third kappa shape index (κ3) is 2.81. The van der Waals surface area contributed by atoms with Gasteiger partial charge in [-0.25, -0.2) is 0 Å². The molecule has 1 aromatic heterocycles. The predicted octanol–water partition coefficient (Wildman–Crippen LogP) is 4.49. The van der Waals surface area contributed by atoms with E-state index in [0.717, 1.165) is 41.7 Å². The third-order valence-electron chi connectivity index (χ3n) is 6.00. The van der Waals surface area contributed by atoms with Gasteiger partial charge in [-0.15, -0.1) is 6.58 Å². The number of methoxy groups -OCH3 is 1. The van der Waals surface area contributed by atoms with Gasteiger partial charge in [0.25, 0.3) is 0 Å². The maximum atomic E-state index is 9.25. The van der Waals surface area contributed by atoms with Crippen LogP contribution in [0.4, 0.5) is 0 Å². The summed E-state index contributed by atoms with van der Waals surface area (Å²) in [5.41, 5.74) is 11.2. The molecule has 0 saturated carbocycles. The van der Waals surface area contributed by atoms with E-state index in [1.165, 1.54) is 6.42 Å². The average molecular weight is 349 g/mol. The van der Waals surface area contributed by atoms with Crippen molar-refractivity contribution in [3.8, 4) is 5.75 Å². The van der Waals surface area contributed by atoms with Crippen LogP contribution in [0.25, 0.3) is 21.3 Å². The van der Waals surface area contributed by atoms with Crippen LogP contribution >= 0.6 is 0 Å². The summed E-state index contributed by atoms with van der Waals surface area (Å²) >= 11 is 0. The molecular formula is C20H23N5O. The molecule has 3 aliphatic rings. The lowest BCUT2D eigenvalue weighted by Crippen LogP contribution is -2.54. The maximum Gasteiger partial charge on any atom is 0.119 e. The number of rotatable bonds is 5. The van der Waals surface area contributed by atoms with E-state index >= 15 is 0 Å². The van der Waals surface area contributed by atoms with E-state index < -0.39 is 0 Å². The Morgan fingerprint density at radius 3 is 3.04 bits per heavy atom. The lowest BCUT2D eigenvalue weighted by molar-refractivity contribution is 0.00758. The van der Waals surface area contributed by atoms with Gasteiger partial charge in [0.15, 0.2) is 0 Å². The van der Waals surface area contributed by atoms with Gasteiger partial charge in [0, 0.05) is 29.1 Å². The number of pyridine rings is 1. The zero-order chi connectivity index (χ0) is 18.1. The molecule has 0 N–H and O–H groups in total. The minimum Gasteiger partial charge on any atom is -0.497 e. The third-order valence-corrected chi connectivity index (χ3v) is 6.00. The van der Waals surface area contributed by atoms with Gasteiger partial charge in [0.1, 0.15) is 5.75 Å². The van der Waals surface area contributed by atoms with Crippen LogP contribution in [0.2, 0.25) is 0 Å². The van der Waals surface area contributed by atoms with Gasteiger partial charge in [-0.2, -0.15) is 0 Å². The van der Waals surface area contributed by atoms with Crippen LogP contribution in [0.3, 0.4) is 0 Å². The summed E-state index contributed by atoms with van der Waals surface area (Å²) in [7, 11) is 1.66. The Kier molecular flexibility index (Phi) is 4.53. The van der Waals surface area contributed by atoms with Crippen molar-refractivity contribution in [3.63, 3.8) is 0 Å².